The molecule has 2 N–H and O–H groups in total. The van der Waals surface area contributed by atoms with Gasteiger partial charge in [-0.2, -0.15) is 0 Å². The molecule has 1 amide bonds. The summed E-state index contributed by atoms with van der Waals surface area (Å²) in [5.74, 6) is 0.783. The Hall–Kier alpha value is -1.55. The van der Waals surface area contributed by atoms with Crippen molar-refractivity contribution in [3.05, 3.63) is 29.3 Å². The Kier molecular flexibility index (Phi) is 3.57. The van der Waals surface area contributed by atoms with Gasteiger partial charge >= 0.3 is 0 Å². The summed E-state index contributed by atoms with van der Waals surface area (Å²) in [5, 5.41) is 0. The predicted octanol–water partition coefficient (Wildman–Crippen LogP) is 1.57. The number of hydrogen-bond acceptors (Lipinski definition) is 3. The van der Waals surface area contributed by atoms with Crippen molar-refractivity contribution < 1.29 is 9.53 Å². The molecule has 1 heterocycles. The molecule has 0 radical (unpaired) electrons. The molecule has 4 nitrogen and oxygen atoms in total. The summed E-state index contributed by atoms with van der Waals surface area (Å²) < 4.78 is 5.25. The van der Waals surface area contributed by atoms with Gasteiger partial charge in [-0.15, -0.1) is 0 Å². The fourth-order valence-electron chi connectivity index (χ4n) is 2.37. The van der Waals surface area contributed by atoms with Crippen LogP contribution in [-0.2, 0) is 0 Å². The van der Waals surface area contributed by atoms with E-state index in [1.807, 2.05) is 30.9 Å². The van der Waals surface area contributed by atoms with Gasteiger partial charge in [-0.1, -0.05) is 6.07 Å². The number of nitrogens with two attached hydrogens (primary N) is 1. The predicted molar refractivity (Wildman–Crippen MR) is 70.8 cm³/mol. The molecule has 1 aromatic rings. The van der Waals surface area contributed by atoms with Crippen molar-refractivity contribution >= 4 is 5.91 Å². The minimum atomic E-state index is 0.0359. The van der Waals surface area contributed by atoms with E-state index < -0.39 is 0 Å². The quantitative estimate of drug-likeness (QED) is 0.864. The van der Waals surface area contributed by atoms with Crippen LogP contribution in [0.2, 0.25) is 0 Å². The van der Waals surface area contributed by atoms with Crippen LogP contribution < -0.4 is 10.5 Å². The smallest absolute Gasteiger partial charge is 0.254 e. The van der Waals surface area contributed by atoms with Crippen molar-refractivity contribution in [1.29, 1.82) is 0 Å². The maximum absolute atomic E-state index is 12.4. The second-order valence-electron chi connectivity index (χ2n) is 4.88. The molecule has 2 unspecified atom stereocenters. The second-order valence-corrected chi connectivity index (χ2v) is 4.88. The lowest BCUT2D eigenvalue weighted by molar-refractivity contribution is 0.0742. The average Bonchev–Trinajstić information content (AvgIpc) is 2.70. The lowest BCUT2D eigenvalue weighted by Crippen LogP contribution is -2.40. The van der Waals surface area contributed by atoms with Crippen LogP contribution in [0.4, 0.5) is 0 Å². The molecule has 1 aliphatic heterocycles. The Labute approximate surface area is 108 Å². The highest BCUT2D eigenvalue weighted by molar-refractivity contribution is 5.95. The molecule has 0 aliphatic carbocycles. The Bertz CT molecular complexity index is 459. The van der Waals surface area contributed by atoms with Crippen molar-refractivity contribution in [3.8, 4) is 5.75 Å². The number of carbonyl (C=O) groups is 1. The van der Waals surface area contributed by atoms with Crippen molar-refractivity contribution in [1.82, 2.24) is 4.90 Å². The molecule has 0 saturated carbocycles. The summed E-state index contributed by atoms with van der Waals surface area (Å²) >= 11 is 0. The highest BCUT2D eigenvalue weighted by atomic mass is 16.5. The van der Waals surface area contributed by atoms with Crippen LogP contribution in [-0.4, -0.2) is 36.5 Å². The normalized spacial score (nSPS) is 23.2. The standard InChI is InChI=1S/C14H20N2O2/c1-9-4-5-11(8-13(9)18-3)14(17)16-7-6-12(15)10(16)2/h4-5,8,10,12H,6-7,15H2,1-3H3. The van der Waals surface area contributed by atoms with E-state index >= 15 is 0 Å². The number of ether oxygens (including phenoxy) is 1. The van der Waals surface area contributed by atoms with Gasteiger partial charge in [0.15, 0.2) is 0 Å². The van der Waals surface area contributed by atoms with Crippen LogP contribution in [0.5, 0.6) is 5.75 Å². The Morgan fingerprint density at radius 3 is 2.78 bits per heavy atom. The zero-order valence-corrected chi connectivity index (χ0v) is 11.1. The maximum Gasteiger partial charge on any atom is 0.254 e. The molecule has 1 aromatic carbocycles. The van der Waals surface area contributed by atoms with Gasteiger partial charge in [-0.05, 0) is 38.0 Å². The van der Waals surface area contributed by atoms with Crippen molar-refractivity contribution in [2.75, 3.05) is 13.7 Å². The monoisotopic (exact) mass is 248 g/mol. The molecule has 4 heteroatoms. The summed E-state index contributed by atoms with van der Waals surface area (Å²) in [4.78, 5) is 14.2. The number of benzene rings is 1. The minimum absolute atomic E-state index is 0.0359. The van der Waals surface area contributed by atoms with E-state index in [0.717, 1.165) is 24.3 Å². The van der Waals surface area contributed by atoms with Gasteiger partial charge in [0.2, 0.25) is 0 Å². The number of carbonyl (C=O) groups excluding carboxylic acids is 1. The van der Waals surface area contributed by atoms with Crippen LogP contribution in [0, 0.1) is 6.92 Å². The van der Waals surface area contributed by atoms with E-state index in [0.29, 0.717) is 5.56 Å². The SMILES string of the molecule is COc1cc(C(=O)N2CCC(N)C2C)ccc1C. The van der Waals surface area contributed by atoms with Gasteiger partial charge in [-0.3, -0.25) is 4.79 Å². The van der Waals surface area contributed by atoms with Gasteiger partial charge in [0.25, 0.3) is 5.91 Å². The van der Waals surface area contributed by atoms with Crippen LogP contribution >= 0.6 is 0 Å². The zero-order chi connectivity index (χ0) is 13.3. The molecule has 2 atom stereocenters. The molecular weight excluding hydrogens is 228 g/mol. The van der Waals surface area contributed by atoms with E-state index in [1.165, 1.54) is 0 Å². The molecule has 0 bridgehead atoms. The number of nitrogens with zero attached hydrogens (tertiary/aromatic N) is 1. The van der Waals surface area contributed by atoms with Crippen LogP contribution in [0.1, 0.15) is 29.3 Å². The lowest BCUT2D eigenvalue weighted by Gasteiger charge is -2.23. The first-order valence-electron chi connectivity index (χ1n) is 6.25. The van der Waals surface area contributed by atoms with E-state index in [-0.39, 0.29) is 18.0 Å². The van der Waals surface area contributed by atoms with Gasteiger partial charge in [0.1, 0.15) is 5.75 Å². The first kappa shape index (κ1) is 12.9. The third-order valence-corrected chi connectivity index (χ3v) is 3.73. The van der Waals surface area contributed by atoms with Gasteiger partial charge in [-0.25, -0.2) is 0 Å². The third kappa shape index (κ3) is 2.20. The van der Waals surface area contributed by atoms with Crippen molar-refractivity contribution in [2.45, 2.75) is 32.4 Å². The van der Waals surface area contributed by atoms with Crippen LogP contribution in [0.15, 0.2) is 18.2 Å². The Morgan fingerprint density at radius 2 is 2.22 bits per heavy atom. The first-order chi connectivity index (χ1) is 8.54. The molecule has 0 aromatic heterocycles. The summed E-state index contributed by atoms with van der Waals surface area (Å²) in [5.41, 5.74) is 7.64. The molecule has 18 heavy (non-hydrogen) atoms. The van der Waals surface area contributed by atoms with Crippen molar-refractivity contribution in [2.24, 2.45) is 5.73 Å². The van der Waals surface area contributed by atoms with E-state index in [2.05, 4.69) is 0 Å². The third-order valence-electron chi connectivity index (χ3n) is 3.73. The van der Waals surface area contributed by atoms with Gasteiger partial charge in [0, 0.05) is 24.2 Å². The molecule has 0 spiro atoms. The fourth-order valence-corrected chi connectivity index (χ4v) is 2.37. The minimum Gasteiger partial charge on any atom is -0.496 e. The number of methoxy groups -OCH3 is 1. The number of hydrogen-bond donors (Lipinski definition) is 1. The van der Waals surface area contributed by atoms with Crippen LogP contribution in [0.25, 0.3) is 0 Å². The second kappa shape index (κ2) is 4.98. The van der Waals surface area contributed by atoms with Gasteiger partial charge in [0.05, 0.1) is 7.11 Å². The Balaban J connectivity index is 2.24. The maximum atomic E-state index is 12.4. The summed E-state index contributed by atoms with van der Waals surface area (Å²) in [6.45, 7) is 4.69. The zero-order valence-electron chi connectivity index (χ0n) is 11.1. The Morgan fingerprint density at radius 1 is 1.50 bits per heavy atom. The summed E-state index contributed by atoms with van der Waals surface area (Å²) in [6.07, 6.45) is 0.871. The summed E-state index contributed by atoms with van der Waals surface area (Å²) in [7, 11) is 1.62. The number of likely N-dealkylation sites (tertiary alicyclic amines) is 1. The molecule has 2 rings (SSSR count). The highest BCUT2D eigenvalue weighted by Gasteiger charge is 2.31. The van der Waals surface area contributed by atoms with Crippen molar-refractivity contribution in [3.63, 3.8) is 0 Å². The number of aryl methyl sites for hydroxylation is 1. The molecule has 1 fully saturated rings. The number of amides is 1. The number of rotatable bonds is 2. The largest absolute Gasteiger partial charge is 0.496 e. The van der Waals surface area contributed by atoms with E-state index in [4.69, 9.17) is 10.5 Å². The average molecular weight is 248 g/mol. The fraction of sp³-hybridized carbons (Fsp3) is 0.500. The van der Waals surface area contributed by atoms with Crippen LogP contribution in [0.3, 0.4) is 0 Å². The topological polar surface area (TPSA) is 55.6 Å². The molecule has 1 aliphatic rings. The molecule has 98 valence electrons. The lowest BCUT2D eigenvalue weighted by atomic mass is 10.1. The molecule has 1 saturated heterocycles. The first-order valence-corrected chi connectivity index (χ1v) is 6.25. The molecular formula is C14H20N2O2. The van der Waals surface area contributed by atoms with E-state index in [9.17, 15) is 4.79 Å². The highest BCUT2D eigenvalue weighted by Crippen LogP contribution is 2.23. The summed E-state index contributed by atoms with van der Waals surface area (Å²) in [6, 6.07) is 5.74. The van der Waals surface area contributed by atoms with E-state index in [1.54, 1.807) is 13.2 Å². The van der Waals surface area contributed by atoms with Gasteiger partial charge < -0.3 is 15.4 Å².